The average molecular weight is 235 g/mol. The molecule has 1 aromatic rings. The fraction of sp³-hybridized carbons (Fsp3) is 0.500. The highest BCUT2D eigenvalue weighted by molar-refractivity contribution is 5.76. The highest BCUT2D eigenvalue weighted by Crippen LogP contribution is 2.17. The van der Waals surface area contributed by atoms with Crippen molar-refractivity contribution in [2.75, 3.05) is 13.2 Å². The molecule has 0 spiro atoms. The summed E-state index contributed by atoms with van der Waals surface area (Å²) in [6.45, 7) is 4.59. The van der Waals surface area contributed by atoms with Gasteiger partial charge in [0.2, 0.25) is 5.91 Å². The molecule has 2 unspecified atom stereocenters. The average Bonchev–Trinajstić information content (AvgIpc) is 2.36. The van der Waals surface area contributed by atoms with Gasteiger partial charge in [-0.15, -0.1) is 0 Å². The quantitative estimate of drug-likeness (QED) is 0.791. The lowest BCUT2D eigenvalue weighted by Crippen LogP contribution is -2.30. The highest BCUT2D eigenvalue weighted by Gasteiger charge is 2.11. The van der Waals surface area contributed by atoms with Crippen LogP contribution >= 0.6 is 0 Å². The Morgan fingerprint density at radius 2 is 1.94 bits per heavy atom. The van der Waals surface area contributed by atoms with Crippen molar-refractivity contribution in [1.29, 1.82) is 0 Å². The first-order chi connectivity index (χ1) is 8.13. The molecule has 0 aliphatic carbocycles. The number of benzene rings is 1. The highest BCUT2D eigenvalue weighted by atomic mass is 16.3. The Bertz CT molecular complexity index is 337. The third-order valence-electron chi connectivity index (χ3n) is 2.82. The molecule has 2 atom stereocenters. The summed E-state index contributed by atoms with van der Waals surface area (Å²) >= 11 is 0. The first kappa shape index (κ1) is 13.7. The summed E-state index contributed by atoms with van der Waals surface area (Å²) in [5, 5.41) is 11.7. The van der Waals surface area contributed by atoms with Crippen molar-refractivity contribution in [2.24, 2.45) is 5.92 Å². The number of hydrogen-bond donors (Lipinski definition) is 2. The zero-order valence-electron chi connectivity index (χ0n) is 10.5. The van der Waals surface area contributed by atoms with Crippen molar-refractivity contribution in [2.45, 2.75) is 26.2 Å². The third-order valence-corrected chi connectivity index (χ3v) is 2.82. The molecule has 1 amide bonds. The Morgan fingerprint density at radius 1 is 1.29 bits per heavy atom. The van der Waals surface area contributed by atoms with Gasteiger partial charge < -0.3 is 10.4 Å². The molecule has 0 saturated heterocycles. The summed E-state index contributed by atoms with van der Waals surface area (Å²) in [6.07, 6.45) is 0.488. The van der Waals surface area contributed by atoms with Gasteiger partial charge >= 0.3 is 0 Å². The van der Waals surface area contributed by atoms with Gasteiger partial charge in [0.1, 0.15) is 0 Å². The molecule has 1 rings (SSSR count). The normalized spacial score (nSPS) is 14.1. The SMILES string of the molecule is CC(CO)CNC(=O)CC(C)c1ccccc1. The van der Waals surface area contributed by atoms with E-state index in [2.05, 4.69) is 5.32 Å². The van der Waals surface area contributed by atoms with E-state index in [-0.39, 0.29) is 24.3 Å². The Hall–Kier alpha value is -1.35. The van der Waals surface area contributed by atoms with Crippen LogP contribution in [-0.4, -0.2) is 24.2 Å². The summed E-state index contributed by atoms with van der Waals surface area (Å²) in [6, 6.07) is 10.0. The van der Waals surface area contributed by atoms with Crippen LogP contribution in [0.3, 0.4) is 0 Å². The van der Waals surface area contributed by atoms with E-state index in [0.717, 1.165) is 0 Å². The minimum absolute atomic E-state index is 0.0432. The Labute approximate surface area is 103 Å². The lowest BCUT2D eigenvalue weighted by atomic mass is 9.97. The van der Waals surface area contributed by atoms with Crippen LogP contribution in [0.25, 0.3) is 0 Å². The van der Waals surface area contributed by atoms with Gasteiger partial charge in [-0.2, -0.15) is 0 Å². The molecule has 3 nitrogen and oxygen atoms in total. The van der Waals surface area contributed by atoms with Crippen LogP contribution in [0.15, 0.2) is 30.3 Å². The number of nitrogens with one attached hydrogen (secondary N) is 1. The van der Waals surface area contributed by atoms with Crippen molar-refractivity contribution in [3.05, 3.63) is 35.9 Å². The summed E-state index contributed by atoms with van der Waals surface area (Å²) in [4.78, 5) is 11.7. The number of aliphatic hydroxyl groups excluding tert-OH is 1. The molecular weight excluding hydrogens is 214 g/mol. The molecule has 3 heteroatoms. The zero-order valence-corrected chi connectivity index (χ0v) is 10.5. The van der Waals surface area contributed by atoms with Crippen LogP contribution in [-0.2, 0) is 4.79 Å². The summed E-state index contributed by atoms with van der Waals surface area (Å²) in [5.74, 6) is 0.383. The lowest BCUT2D eigenvalue weighted by molar-refractivity contribution is -0.121. The van der Waals surface area contributed by atoms with Crippen LogP contribution in [0, 0.1) is 5.92 Å². The predicted molar refractivity (Wildman–Crippen MR) is 68.7 cm³/mol. The molecule has 0 radical (unpaired) electrons. The van der Waals surface area contributed by atoms with Gasteiger partial charge in [0.05, 0.1) is 0 Å². The molecular formula is C14H21NO2. The Morgan fingerprint density at radius 3 is 2.53 bits per heavy atom. The van der Waals surface area contributed by atoms with Gasteiger partial charge in [-0.05, 0) is 17.4 Å². The molecule has 0 aliphatic heterocycles. The third kappa shape index (κ3) is 5.00. The van der Waals surface area contributed by atoms with Crippen molar-refractivity contribution >= 4 is 5.91 Å². The molecule has 0 aromatic heterocycles. The summed E-state index contributed by atoms with van der Waals surface area (Å²) in [7, 11) is 0. The van der Waals surface area contributed by atoms with E-state index >= 15 is 0 Å². The Kier molecular flexibility index (Phi) is 5.70. The fourth-order valence-corrected chi connectivity index (χ4v) is 1.60. The van der Waals surface area contributed by atoms with E-state index in [4.69, 9.17) is 5.11 Å². The summed E-state index contributed by atoms with van der Waals surface area (Å²) in [5.41, 5.74) is 1.18. The van der Waals surface area contributed by atoms with Gasteiger partial charge in [0.25, 0.3) is 0 Å². The van der Waals surface area contributed by atoms with Gasteiger partial charge in [-0.25, -0.2) is 0 Å². The molecule has 0 heterocycles. The number of amides is 1. The number of hydrogen-bond acceptors (Lipinski definition) is 2. The Balaban J connectivity index is 2.36. The second-order valence-electron chi connectivity index (χ2n) is 4.61. The van der Waals surface area contributed by atoms with Gasteiger partial charge in [0, 0.05) is 19.6 Å². The van der Waals surface area contributed by atoms with Crippen molar-refractivity contribution in [1.82, 2.24) is 5.32 Å². The number of carbonyl (C=O) groups excluding carboxylic acids is 1. The van der Waals surface area contributed by atoms with E-state index in [1.807, 2.05) is 44.2 Å². The zero-order chi connectivity index (χ0) is 12.7. The molecule has 0 bridgehead atoms. The van der Waals surface area contributed by atoms with Crippen LogP contribution in [0.5, 0.6) is 0 Å². The van der Waals surface area contributed by atoms with Crippen molar-refractivity contribution < 1.29 is 9.90 Å². The van der Waals surface area contributed by atoms with E-state index in [1.54, 1.807) is 0 Å². The maximum absolute atomic E-state index is 11.7. The van der Waals surface area contributed by atoms with E-state index < -0.39 is 0 Å². The first-order valence-electron chi connectivity index (χ1n) is 6.06. The van der Waals surface area contributed by atoms with Crippen LogP contribution in [0.1, 0.15) is 31.7 Å². The number of carbonyl (C=O) groups is 1. The standard InChI is InChI=1S/C14H21NO2/c1-11(10-16)9-15-14(17)8-12(2)13-6-4-3-5-7-13/h3-7,11-12,16H,8-10H2,1-2H3,(H,15,17). The monoisotopic (exact) mass is 235 g/mol. The molecule has 0 aliphatic rings. The van der Waals surface area contributed by atoms with Crippen molar-refractivity contribution in [3.63, 3.8) is 0 Å². The minimum Gasteiger partial charge on any atom is -0.396 e. The predicted octanol–water partition coefficient (Wildman–Crippen LogP) is 1.92. The second-order valence-corrected chi connectivity index (χ2v) is 4.61. The van der Waals surface area contributed by atoms with Crippen LogP contribution < -0.4 is 5.32 Å². The van der Waals surface area contributed by atoms with Crippen LogP contribution in [0.4, 0.5) is 0 Å². The fourth-order valence-electron chi connectivity index (χ4n) is 1.60. The second kappa shape index (κ2) is 7.07. The molecule has 17 heavy (non-hydrogen) atoms. The van der Waals surface area contributed by atoms with Gasteiger partial charge in [-0.3, -0.25) is 4.79 Å². The maximum atomic E-state index is 11.7. The smallest absolute Gasteiger partial charge is 0.220 e. The van der Waals surface area contributed by atoms with Gasteiger partial charge in [-0.1, -0.05) is 44.2 Å². The molecule has 0 saturated carbocycles. The maximum Gasteiger partial charge on any atom is 0.220 e. The molecule has 2 N–H and O–H groups in total. The summed E-state index contributed by atoms with van der Waals surface area (Å²) < 4.78 is 0. The van der Waals surface area contributed by atoms with E-state index in [9.17, 15) is 4.79 Å². The lowest BCUT2D eigenvalue weighted by Gasteiger charge is -2.13. The molecule has 0 fully saturated rings. The number of rotatable bonds is 6. The molecule has 1 aromatic carbocycles. The first-order valence-corrected chi connectivity index (χ1v) is 6.06. The molecule has 94 valence electrons. The number of aliphatic hydroxyl groups is 1. The van der Waals surface area contributed by atoms with Crippen LogP contribution in [0.2, 0.25) is 0 Å². The van der Waals surface area contributed by atoms with E-state index in [0.29, 0.717) is 13.0 Å². The minimum atomic E-state index is 0.0432. The topological polar surface area (TPSA) is 49.3 Å². The van der Waals surface area contributed by atoms with Crippen molar-refractivity contribution in [3.8, 4) is 0 Å². The van der Waals surface area contributed by atoms with Gasteiger partial charge in [0.15, 0.2) is 0 Å². The largest absolute Gasteiger partial charge is 0.396 e. The van der Waals surface area contributed by atoms with E-state index in [1.165, 1.54) is 5.56 Å².